The van der Waals surface area contributed by atoms with Crippen LogP contribution in [-0.2, 0) is 9.47 Å². The summed E-state index contributed by atoms with van der Waals surface area (Å²) in [5, 5.41) is 3.39. The number of hydrogen-bond acceptors (Lipinski definition) is 3. The molecule has 0 aliphatic carbocycles. The molecule has 0 saturated carbocycles. The molecular weight excluding hydrogens is 405 g/mol. The molecule has 0 aromatic heterocycles. The first-order valence-electron chi connectivity index (χ1n) is 8.96. The van der Waals surface area contributed by atoms with Crippen LogP contribution < -0.4 is 5.32 Å². The fourth-order valence-electron chi connectivity index (χ4n) is 2.43. The van der Waals surface area contributed by atoms with Crippen LogP contribution in [0.2, 0.25) is 0 Å². The van der Waals surface area contributed by atoms with E-state index in [0.717, 1.165) is 44.5 Å². The molecule has 6 heteroatoms. The van der Waals surface area contributed by atoms with Gasteiger partial charge in [-0.15, -0.1) is 24.0 Å². The summed E-state index contributed by atoms with van der Waals surface area (Å²) in [4.78, 5) is 7.05. The summed E-state index contributed by atoms with van der Waals surface area (Å²) in [6.45, 7) is 13.3. The molecule has 1 fully saturated rings. The van der Waals surface area contributed by atoms with Gasteiger partial charge in [0.25, 0.3) is 0 Å². The first-order chi connectivity index (χ1) is 10.8. The number of nitrogens with zero attached hydrogens (tertiary/aromatic N) is 2. The first kappa shape index (κ1) is 22.9. The van der Waals surface area contributed by atoms with Crippen molar-refractivity contribution in [1.82, 2.24) is 10.2 Å². The number of guanidine groups is 1. The van der Waals surface area contributed by atoms with Crippen LogP contribution >= 0.6 is 24.0 Å². The van der Waals surface area contributed by atoms with E-state index in [2.05, 4.69) is 36.0 Å². The lowest BCUT2D eigenvalue weighted by molar-refractivity contribution is 0.0497. The molecule has 23 heavy (non-hydrogen) atoms. The molecule has 1 aliphatic rings. The summed E-state index contributed by atoms with van der Waals surface area (Å²) in [6, 6.07) is 0. The summed E-state index contributed by atoms with van der Waals surface area (Å²) < 4.78 is 11.0. The van der Waals surface area contributed by atoms with Crippen molar-refractivity contribution in [3.05, 3.63) is 0 Å². The number of aliphatic imine (C=N–C) groups is 1. The summed E-state index contributed by atoms with van der Waals surface area (Å²) >= 11 is 0. The second-order valence-corrected chi connectivity index (χ2v) is 5.98. The highest BCUT2D eigenvalue weighted by atomic mass is 127. The van der Waals surface area contributed by atoms with Crippen LogP contribution in [0.15, 0.2) is 4.99 Å². The quantitative estimate of drug-likeness (QED) is 0.245. The van der Waals surface area contributed by atoms with Crippen LogP contribution in [0.4, 0.5) is 0 Å². The molecule has 138 valence electrons. The van der Waals surface area contributed by atoms with Crippen molar-refractivity contribution < 1.29 is 9.47 Å². The van der Waals surface area contributed by atoms with Gasteiger partial charge in [0.2, 0.25) is 0 Å². The van der Waals surface area contributed by atoms with E-state index in [1.165, 1.54) is 19.3 Å². The number of piperidine rings is 1. The maximum atomic E-state index is 5.57. The minimum atomic E-state index is 0. The summed E-state index contributed by atoms with van der Waals surface area (Å²) in [5.74, 6) is 1.88. The SMILES string of the molecule is CCCCOCCOCCN=C(NCC)N1CCC(C)CC1.I. The van der Waals surface area contributed by atoms with Crippen LogP contribution in [0, 0.1) is 5.92 Å². The lowest BCUT2D eigenvalue weighted by Gasteiger charge is -2.33. The average Bonchev–Trinajstić information content (AvgIpc) is 2.53. The number of halogens is 1. The highest BCUT2D eigenvalue weighted by Gasteiger charge is 2.18. The number of nitrogens with one attached hydrogen (secondary N) is 1. The Morgan fingerprint density at radius 2 is 1.74 bits per heavy atom. The monoisotopic (exact) mass is 441 g/mol. The third-order valence-electron chi connectivity index (χ3n) is 3.93. The van der Waals surface area contributed by atoms with E-state index in [1.54, 1.807) is 0 Å². The van der Waals surface area contributed by atoms with Crippen molar-refractivity contribution in [3.63, 3.8) is 0 Å². The van der Waals surface area contributed by atoms with Crippen molar-refractivity contribution in [3.8, 4) is 0 Å². The van der Waals surface area contributed by atoms with Gasteiger partial charge >= 0.3 is 0 Å². The molecule has 5 nitrogen and oxygen atoms in total. The van der Waals surface area contributed by atoms with E-state index in [4.69, 9.17) is 9.47 Å². The Kier molecular flexibility index (Phi) is 15.4. The van der Waals surface area contributed by atoms with Crippen LogP contribution in [0.5, 0.6) is 0 Å². The molecule has 1 heterocycles. The molecule has 0 atom stereocenters. The molecule has 1 N–H and O–H groups in total. The molecule has 0 amide bonds. The number of likely N-dealkylation sites (tertiary alicyclic amines) is 1. The van der Waals surface area contributed by atoms with Crippen molar-refractivity contribution in [2.75, 3.05) is 52.6 Å². The second kappa shape index (κ2) is 15.4. The van der Waals surface area contributed by atoms with E-state index < -0.39 is 0 Å². The Balaban J connectivity index is 0.00000484. The zero-order valence-electron chi connectivity index (χ0n) is 15.2. The Bertz CT molecular complexity index is 296. The third-order valence-corrected chi connectivity index (χ3v) is 3.93. The molecule has 0 unspecified atom stereocenters. The molecule has 0 spiro atoms. The fraction of sp³-hybridized carbons (Fsp3) is 0.941. The Morgan fingerprint density at radius 1 is 1.09 bits per heavy atom. The van der Waals surface area contributed by atoms with E-state index in [-0.39, 0.29) is 24.0 Å². The van der Waals surface area contributed by atoms with Gasteiger partial charge in [-0.05, 0) is 32.1 Å². The van der Waals surface area contributed by atoms with Gasteiger partial charge in [0.05, 0.1) is 26.4 Å². The zero-order chi connectivity index (χ0) is 16.0. The maximum Gasteiger partial charge on any atom is 0.193 e. The van der Waals surface area contributed by atoms with Gasteiger partial charge in [-0.1, -0.05) is 20.3 Å². The molecule has 0 radical (unpaired) electrons. The molecule has 1 rings (SSSR count). The third kappa shape index (κ3) is 11.2. The Hall–Kier alpha value is -0.0800. The topological polar surface area (TPSA) is 46.1 Å². The zero-order valence-corrected chi connectivity index (χ0v) is 17.5. The highest BCUT2D eigenvalue weighted by Crippen LogP contribution is 2.15. The normalized spacial score (nSPS) is 16.3. The number of ether oxygens (including phenoxy) is 2. The van der Waals surface area contributed by atoms with Crippen LogP contribution in [0.1, 0.15) is 46.5 Å². The fourth-order valence-corrected chi connectivity index (χ4v) is 2.43. The smallest absolute Gasteiger partial charge is 0.193 e. The van der Waals surface area contributed by atoms with Crippen molar-refractivity contribution in [2.24, 2.45) is 10.9 Å². The lowest BCUT2D eigenvalue weighted by atomic mass is 10.00. The van der Waals surface area contributed by atoms with E-state index in [0.29, 0.717) is 26.4 Å². The van der Waals surface area contributed by atoms with Crippen molar-refractivity contribution in [1.29, 1.82) is 0 Å². The summed E-state index contributed by atoms with van der Waals surface area (Å²) in [5.41, 5.74) is 0. The van der Waals surface area contributed by atoms with Crippen LogP contribution in [-0.4, -0.2) is 63.5 Å². The van der Waals surface area contributed by atoms with Crippen LogP contribution in [0.25, 0.3) is 0 Å². The molecular formula is C17H36IN3O2. The van der Waals surface area contributed by atoms with Gasteiger partial charge in [0.1, 0.15) is 0 Å². The Labute approximate surface area is 159 Å². The predicted octanol–water partition coefficient (Wildman–Crippen LogP) is 3.14. The highest BCUT2D eigenvalue weighted by molar-refractivity contribution is 14.0. The van der Waals surface area contributed by atoms with Gasteiger partial charge in [0.15, 0.2) is 5.96 Å². The number of hydrogen-bond donors (Lipinski definition) is 1. The van der Waals surface area contributed by atoms with Crippen molar-refractivity contribution >= 4 is 29.9 Å². The molecule has 0 aromatic carbocycles. The van der Waals surface area contributed by atoms with Gasteiger partial charge in [-0.3, -0.25) is 4.99 Å². The van der Waals surface area contributed by atoms with Gasteiger partial charge in [-0.2, -0.15) is 0 Å². The molecule has 0 bridgehead atoms. The van der Waals surface area contributed by atoms with E-state index >= 15 is 0 Å². The summed E-state index contributed by atoms with van der Waals surface area (Å²) in [6.07, 6.45) is 4.83. The molecule has 1 saturated heterocycles. The van der Waals surface area contributed by atoms with Gasteiger partial charge < -0.3 is 19.7 Å². The standard InChI is InChI=1S/C17H35N3O2.HI/c1-4-6-12-21-14-15-22-13-9-19-17(18-5-2)20-10-7-16(3)8-11-20;/h16H,4-15H2,1-3H3,(H,18,19);1H. The summed E-state index contributed by atoms with van der Waals surface area (Å²) in [7, 11) is 0. The number of rotatable bonds is 10. The largest absolute Gasteiger partial charge is 0.379 e. The van der Waals surface area contributed by atoms with Gasteiger partial charge in [-0.25, -0.2) is 0 Å². The lowest BCUT2D eigenvalue weighted by Crippen LogP contribution is -2.45. The van der Waals surface area contributed by atoms with Crippen molar-refractivity contribution in [2.45, 2.75) is 46.5 Å². The minimum absolute atomic E-state index is 0. The van der Waals surface area contributed by atoms with E-state index in [1.807, 2.05) is 0 Å². The molecule has 0 aromatic rings. The predicted molar refractivity (Wildman–Crippen MR) is 108 cm³/mol. The molecule has 1 aliphatic heterocycles. The van der Waals surface area contributed by atoms with Crippen LogP contribution in [0.3, 0.4) is 0 Å². The van der Waals surface area contributed by atoms with E-state index in [9.17, 15) is 0 Å². The average molecular weight is 441 g/mol. The Morgan fingerprint density at radius 3 is 2.35 bits per heavy atom. The first-order valence-corrected chi connectivity index (χ1v) is 8.96. The minimum Gasteiger partial charge on any atom is -0.379 e. The maximum absolute atomic E-state index is 5.57. The number of unbranched alkanes of at least 4 members (excludes halogenated alkanes) is 1. The van der Waals surface area contributed by atoms with Gasteiger partial charge in [0, 0.05) is 26.2 Å². The second-order valence-electron chi connectivity index (χ2n) is 5.98.